The number of hydrogen-bond acceptors (Lipinski definition) is 5. The summed E-state index contributed by atoms with van der Waals surface area (Å²) < 4.78 is 4.23. The largest absolute Gasteiger partial charge is 0.342 e. The van der Waals surface area contributed by atoms with Crippen molar-refractivity contribution in [2.75, 3.05) is 18.8 Å². The molecule has 1 aliphatic rings. The molecular formula is C18H28N6OS. The summed E-state index contributed by atoms with van der Waals surface area (Å²) in [5.74, 6) is 3.25. The molecule has 0 unspecified atom stereocenters. The third kappa shape index (κ3) is 4.47. The van der Waals surface area contributed by atoms with Gasteiger partial charge in [-0.1, -0.05) is 13.8 Å². The van der Waals surface area contributed by atoms with Gasteiger partial charge in [-0.2, -0.15) is 0 Å². The Morgan fingerprint density at radius 3 is 2.69 bits per heavy atom. The molecule has 1 saturated heterocycles. The lowest BCUT2D eigenvalue weighted by Gasteiger charge is -2.31. The summed E-state index contributed by atoms with van der Waals surface area (Å²) >= 11 is 1.72. The zero-order valence-electron chi connectivity index (χ0n) is 15.8. The first-order valence-electron chi connectivity index (χ1n) is 9.35. The number of carbonyl (C=O) groups excluding carboxylic acids is 1. The Bertz CT molecular complexity index is 703. The molecule has 0 aliphatic carbocycles. The van der Waals surface area contributed by atoms with Crippen LogP contribution in [-0.4, -0.2) is 59.2 Å². The fourth-order valence-corrected chi connectivity index (χ4v) is 4.03. The van der Waals surface area contributed by atoms with Crippen LogP contribution in [0.3, 0.4) is 0 Å². The van der Waals surface area contributed by atoms with Crippen LogP contribution < -0.4 is 0 Å². The van der Waals surface area contributed by atoms with Crippen LogP contribution in [-0.2, 0) is 17.9 Å². The molecule has 2 aromatic rings. The van der Waals surface area contributed by atoms with Gasteiger partial charge in [-0.15, -0.1) is 22.0 Å². The number of imidazole rings is 1. The number of thioether (sulfide) groups is 1. The summed E-state index contributed by atoms with van der Waals surface area (Å²) in [6.07, 6.45) is 7.43. The van der Waals surface area contributed by atoms with E-state index < -0.39 is 0 Å². The Morgan fingerprint density at radius 1 is 1.31 bits per heavy atom. The SMILES string of the molecule is CCn1c(Cn2ccnc2)nnc1C1CCN(C(=O)CSC(C)C)CC1. The van der Waals surface area contributed by atoms with E-state index in [1.54, 1.807) is 24.3 Å². The number of amides is 1. The van der Waals surface area contributed by atoms with Gasteiger partial charge in [0.05, 0.1) is 18.6 Å². The maximum Gasteiger partial charge on any atom is 0.232 e. The van der Waals surface area contributed by atoms with Crippen molar-refractivity contribution < 1.29 is 4.79 Å². The van der Waals surface area contributed by atoms with Gasteiger partial charge >= 0.3 is 0 Å². The van der Waals surface area contributed by atoms with Crippen LogP contribution >= 0.6 is 11.8 Å². The first-order valence-corrected chi connectivity index (χ1v) is 10.4. The van der Waals surface area contributed by atoms with Gasteiger partial charge in [-0.3, -0.25) is 4.79 Å². The van der Waals surface area contributed by atoms with Crippen molar-refractivity contribution >= 4 is 17.7 Å². The smallest absolute Gasteiger partial charge is 0.232 e. The number of hydrogen-bond donors (Lipinski definition) is 0. The van der Waals surface area contributed by atoms with Crippen LogP contribution in [0.1, 0.15) is 51.2 Å². The summed E-state index contributed by atoms with van der Waals surface area (Å²) in [5, 5.41) is 9.41. The minimum absolute atomic E-state index is 0.264. The highest BCUT2D eigenvalue weighted by molar-refractivity contribution is 8.00. The number of nitrogens with zero attached hydrogens (tertiary/aromatic N) is 6. The minimum atomic E-state index is 0.264. The van der Waals surface area contributed by atoms with E-state index in [1.807, 2.05) is 15.7 Å². The Balaban J connectivity index is 1.60. The van der Waals surface area contributed by atoms with E-state index >= 15 is 0 Å². The summed E-state index contributed by atoms with van der Waals surface area (Å²) in [6, 6.07) is 0. The first kappa shape index (κ1) is 18.9. The molecule has 0 N–H and O–H groups in total. The molecule has 26 heavy (non-hydrogen) atoms. The molecule has 3 rings (SSSR count). The van der Waals surface area contributed by atoms with E-state index in [9.17, 15) is 4.79 Å². The second-order valence-electron chi connectivity index (χ2n) is 6.97. The second kappa shape index (κ2) is 8.70. The normalized spacial score (nSPS) is 15.8. The lowest BCUT2D eigenvalue weighted by molar-refractivity contribution is -0.129. The van der Waals surface area contributed by atoms with Crippen LogP contribution in [0.4, 0.5) is 0 Å². The molecule has 0 spiro atoms. The van der Waals surface area contributed by atoms with E-state index in [-0.39, 0.29) is 5.91 Å². The highest BCUT2D eigenvalue weighted by Gasteiger charge is 2.27. The zero-order valence-corrected chi connectivity index (χ0v) is 16.7. The standard InChI is InChI=1S/C18H28N6OS/c1-4-24-16(11-22-10-7-19-13-22)20-21-18(24)15-5-8-23(9-6-15)17(25)12-26-14(2)3/h7,10,13-15H,4-6,8-9,11-12H2,1-3H3. The van der Waals surface area contributed by atoms with Gasteiger partial charge in [0.15, 0.2) is 5.82 Å². The highest BCUT2D eigenvalue weighted by Crippen LogP contribution is 2.28. The molecule has 0 atom stereocenters. The molecule has 142 valence electrons. The lowest BCUT2D eigenvalue weighted by atomic mass is 9.96. The molecule has 0 bridgehead atoms. The van der Waals surface area contributed by atoms with Gasteiger partial charge in [-0.05, 0) is 25.0 Å². The Morgan fingerprint density at radius 2 is 2.08 bits per heavy atom. The van der Waals surface area contributed by atoms with Gasteiger partial charge < -0.3 is 14.0 Å². The van der Waals surface area contributed by atoms with Crippen molar-refractivity contribution in [1.29, 1.82) is 0 Å². The number of aromatic nitrogens is 5. The fraction of sp³-hybridized carbons (Fsp3) is 0.667. The van der Waals surface area contributed by atoms with Crippen molar-refractivity contribution in [3.8, 4) is 0 Å². The maximum atomic E-state index is 12.3. The molecule has 7 nitrogen and oxygen atoms in total. The number of likely N-dealkylation sites (tertiary alicyclic amines) is 1. The first-order chi connectivity index (χ1) is 12.6. The molecule has 2 aromatic heterocycles. The Hall–Kier alpha value is -1.83. The van der Waals surface area contributed by atoms with E-state index in [0.29, 0.717) is 23.5 Å². The molecular weight excluding hydrogens is 348 g/mol. The van der Waals surface area contributed by atoms with Crippen molar-refractivity contribution in [2.45, 2.75) is 57.9 Å². The number of piperidine rings is 1. The number of carbonyl (C=O) groups is 1. The third-order valence-corrected chi connectivity index (χ3v) is 5.89. The van der Waals surface area contributed by atoms with Crippen molar-refractivity contribution in [3.63, 3.8) is 0 Å². The predicted molar refractivity (Wildman–Crippen MR) is 103 cm³/mol. The van der Waals surface area contributed by atoms with Gasteiger partial charge in [0.1, 0.15) is 5.82 Å². The summed E-state index contributed by atoms with van der Waals surface area (Å²) in [7, 11) is 0. The van der Waals surface area contributed by atoms with Gasteiger partial charge in [0.2, 0.25) is 5.91 Å². The maximum absolute atomic E-state index is 12.3. The Labute approximate surface area is 159 Å². The molecule has 0 saturated carbocycles. The van der Waals surface area contributed by atoms with Crippen LogP contribution in [0.25, 0.3) is 0 Å². The molecule has 1 fully saturated rings. The summed E-state index contributed by atoms with van der Waals surface area (Å²) in [5.41, 5.74) is 0. The summed E-state index contributed by atoms with van der Waals surface area (Å²) in [4.78, 5) is 18.4. The lowest BCUT2D eigenvalue weighted by Crippen LogP contribution is -2.39. The van der Waals surface area contributed by atoms with E-state index in [0.717, 1.165) is 44.1 Å². The molecule has 1 amide bonds. The topological polar surface area (TPSA) is 68.8 Å². The molecule has 0 aromatic carbocycles. The van der Waals surface area contributed by atoms with Gasteiger partial charge in [-0.25, -0.2) is 4.98 Å². The van der Waals surface area contributed by atoms with Gasteiger partial charge in [0, 0.05) is 37.9 Å². The minimum Gasteiger partial charge on any atom is -0.342 e. The van der Waals surface area contributed by atoms with Crippen molar-refractivity contribution in [2.24, 2.45) is 0 Å². The number of rotatable bonds is 7. The van der Waals surface area contributed by atoms with Crippen molar-refractivity contribution in [1.82, 2.24) is 29.2 Å². The average Bonchev–Trinajstić information content (AvgIpc) is 3.29. The highest BCUT2D eigenvalue weighted by atomic mass is 32.2. The second-order valence-corrected chi connectivity index (χ2v) is 8.53. The average molecular weight is 377 g/mol. The van der Waals surface area contributed by atoms with E-state index in [4.69, 9.17) is 0 Å². The van der Waals surface area contributed by atoms with E-state index in [1.165, 1.54) is 0 Å². The quantitative estimate of drug-likeness (QED) is 0.742. The third-order valence-electron chi connectivity index (χ3n) is 4.81. The Kier molecular flexibility index (Phi) is 6.34. The molecule has 3 heterocycles. The molecule has 1 aliphatic heterocycles. The van der Waals surface area contributed by atoms with Gasteiger partial charge in [0.25, 0.3) is 0 Å². The predicted octanol–water partition coefficient (Wildman–Crippen LogP) is 2.39. The molecule has 0 radical (unpaired) electrons. The van der Waals surface area contributed by atoms with Crippen LogP contribution in [0.5, 0.6) is 0 Å². The van der Waals surface area contributed by atoms with Crippen LogP contribution in [0.15, 0.2) is 18.7 Å². The fourth-order valence-electron chi connectivity index (χ4n) is 3.37. The van der Waals surface area contributed by atoms with Crippen molar-refractivity contribution in [3.05, 3.63) is 30.4 Å². The zero-order chi connectivity index (χ0) is 18.5. The summed E-state index contributed by atoms with van der Waals surface area (Å²) in [6.45, 7) is 9.56. The van der Waals surface area contributed by atoms with E-state index in [2.05, 4.69) is 40.5 Å². The van der Waals surface area contributed by atoms with Crippen LogP contribution in [0.2, 0.25) is 0 Å². The molecule has 8 heteroatoms. The monoisotopic (exact) mass is 376 g/mol. The van der Waals surface area contributed by atoms with Crippen LogP contribution in [0, 0.1) is 0 Å².